The van der Waals surface area contributed by atoms with Gasteiger partial charge in [0.2, 0.25) is 5.91 Å². The van der Waals surface area contributed by atoms with Gasteiger partial charge in [-0.25, -0.2) is 0 Å². The first kappa shape index (κ1) is 9.90. The smallest absolute Gasteiger partial charge is 0.323 e. The number of hydrogen-bond acceptors (Lipinski definition) is 4. The highest BCUT2D eigenvalue weighted by atomic mass is 16.5. The molecule has 11 heavy (non-hydrogen) atoms. The lowest BCUT2D eigenvalue weighted by Crippen LogP contribution is -2.36. The summed E-state index contributed by atoms with van der Waals surface area (Å²) < 4.78 is 4.31. The van der Waals surface area contributed by atoms with Crippen LogP contribution in [0.3, 0.4) is 0 Å². The van der Waals surface area contributed by atoms with Crippen molar-refractivity contribution in [1.82, 2.24) is 5.32 Å². The SMILES string of the molecule is CNC(=O)C[C@H](N)C(=O)OC. The maximum atomic E-state index is 10.6. The molecule has 5 heteroatoms. The van der Waals surface area contributed by atoms with E-state index in [-0.39, 0.29) is 12.3 Å². The number of carbonyl (C=O) groups excluding carboxylic acids is 2. The van der Waals surface area contributed by atoms with Gasteiger partial charge in [-0.15, -0.1) is 0 Å². The highest BCUT2D eigenvalue weighted by molar-refractivity contribution is 5.84. The number of carbonyl (C=O) groups is 2. The summed E-state index contributed by atoms with van der Waals surface area (Å²) in [5.41, 5.74) is 5.27. The average molecular weight is 160 g/mol. The van der Waals surface area contributed by atoms with E-state index in [1.165, 1.54) is 14.2 Å². The van der Waals surface area contributed by atoms with Gasteiger partial charge in [-0.2, -0.15) is 0 Å². The molecule has 3 N–H and O–H groups in total. The molecular weight excluding hydrogens is 148 g/mol. The zero-order chi connectivity index (χ0) is 8.85. The van der Waals surface area contributed by atoms with Crippen LogP contribution < -0.4 is 11.1 Å². The molecule has 0 saturated heterocycles. The number of hydrogen-bond donors (Lipinski definition) is 2. The molecule has 0 aromatic heterocycles. The number of ether oxygens (including phenoxy) is 1. The first-order valence-electron chi connectivity index (χ1n) is 3.15. The largest absolute Gasteiger partial charge is 0.468 e. The predicted octanol–water partition coefficient (Wildman–Crippen LogP) is -1.38. The summed E-state index contributed by atoms with van der Waals surface area (Å²) in [5, 5.41) is 2.35. The topological polar surface area (TPSA) is 81.4 Å². The number of amides is 1. The Hall–Kier alpha value is -1.10. The van der Waals surface area contributed by atoms with Crippen LogP contribution in [-0.2, 0) is 14.3 Å². The van der Waals surface area contributed by atoms with Gasteiger partial charge in [0.25, 0.3) is 0 Å². The Balaban J connectivity index is 3.77. The molecule has 0 bridgehead atoms. The van der Waals surface area contributed by atoms with Crippen molar-refractivity contribution in [2.24, 2.45) is 5.73 Å². The lowest BCUT2D eigenvalue weighted by Gasteiger charge is -2.06. The van der Waals surface area contributed by atoms with Crippen LogP contribution >= 0.6 is 0 Å². The number of esters is 1. The van der Waals surface area contributed by atoms with E-state index in [4.69, 9.17) is 5.73 Å². The molecule has 0 unspecified atom stereocenters. The van der Waals surface area contributed by atoms with Gasteiger partial charge in [-0.3, -0.25) is 9.59 Å². The first-order valence-corrected chi connectivity index (χ1v) is 3.15. The van der Waals surface area contributed by atoms with E-state index in [2.05, 4.69) is 10.1 Å². The molecule has 0 saturated carbocycles. The zero-order valence-electron chi connectivity index (χ0n) is 6.59. The summed E-state index contributed by atoms with van der Waals surface area (Å²) in [6.07, 6.45) is -0.0385. The molecule has 64 valence electrons. The Kier molecular flexibility index (Phi) is 4.21. The van der Waals surface area contributed by atoms with Gasteiger partial charge in [0.05, 0.1) is 13.5 Å². The Morgan fingerprint density at radius 1 is 1.64 bits per heavy atom. The molecular formula is C6H12N2O3. The fourth-order valence-electron chi connectivity index (χ4n) is 0.537. The molecule has 0 spiro atoms. The molecule has 1 amide bonds. The number of methoxy groups -OCH3 is 1. The van der Waals surface area contributed by atoms with Gasteiger partial charge in [-0.1, -0.05) is 0 Å². The van der Waals surface area contributed by atoms with Crippen LogP contribution in [0.1, 0.15) is 6.42 Å². The Morgan fingerprint density at radius 3 is 2.55 bits per heavy atom. The fraction of sp³-hybridized carbons (Fsp3) is 0.667. The van der Waals surface area contributed by atoms with Crippen LogP contribution in [0.15, 0.2) is 0 Å². The monoisotopic (exact) mass is 160 g/mol. The summed E-state index contributed by atoms with van der Waals surface area (Å²) in [7, 11) is 2.71. The predicted molar refractivity (Wildman–Crippen MR) is 38.7 cm³/mol. The molecule has 0 heterocycles. The molecule has 0 aliphatic carbocycles. The van der Waals surface area contributed by atoms with Gasteiger partial charge in [0, 0.05) is 7.05 Å². The van der Waals surface area contributed by atoms with Gasteiger partial charge in [-0.05, 0) is 0 Å². The highest BCUT2D eigenvalue weighted by Gasteiger charge is 2.16. The first-order chi connectivity index (χ1) is 5.11. The summed E-state index contributed by atoms with van der Waals surface area (Å²) in [4.78, 5) is 21.3. The van der Waals surface area contributed by atoms with E-state index in [1.807, 2.05) is 0 Å². The third-order valence-corrected chi connectivity index (χ3v) is 1.19. The van der Waals surface area contributed by atoms with Crippen LogP contribution in [0, 0.1) is 0 Å². The van der Waals surface area contributed by atoms with Crippen molar-refractivity contribution in [2.45, 2.75) is 12.5 Å². The quantitative estimate of drug-likeness (QED) is 0.499. The van der Waals surface area contributed by atoms with Crippen molar-refractivity contribution < 1.29 is 14.3 Å². The summed E-state index contributed by atoms with van der Waals surface area (Å²) in [5.74, 6) is -0.850. The minimum absolute atomic E-state index is 0.0385. The number of nitrogens with one attached hydrogen (secondary N) is 1. The van der Waals surface area contributed by atoms with Gasteiger partial charge < -0.3 is 15.8 Å². The van der Waals surface area contributed by atoms with Crippen LogP contribution in [0.5, 0.6) is 0 Å². The average Bonchev–Trinajstić information content (AvgIpc) is 2.02. The van der Waals surface area contributed by atoms with Gasteiger partial charge >= 0.3 is 5.97 Å². The Labute approximate surface area is 64.9 Å². The summed E-state index contributed by atoms with van der Waals surface area (Å²) in [6, 6.07) is -0.861. The Morgan fingerprint density at radius 2 is 2.18 bits per heavy atom. The second kappa shape index (κ2) is 4.68. The van der Waals surface area contributed by atoms with Crippen LogP contribution in [0.2, 0.25) is 0 Å². The lowest BCUT2D eigenvalue weighted by molar-refractivity contribution is -0.143. The highest BCUT2D eigenvalue weighted by Crippen LogP contribution is 1.89. The molecule has 0 aromatic rings. The van der Waals surface area contributed by atoms with Crippen molar-refractivity contribution in [3.8, 4) is 0 Å². The van der Waals surface area contributed by atoms with Crippen LogP contribution in [-0.4, -0.2) is 32.1 Å². The third kappa shape index (κ3) is 3.57. The molecule has 5 nitrogen and oxygen atoms in total. The summed E-state index contributed by atoms with van der Waals surface area (Å²) >= 11 is 0. The van der Waals surface area contributed by atoms with Crippen molar-refractivity contribution in [3.63, 3.8) is 0 Å². The maximum absolute atomic E-state index is 10.6. The second-order valence-electron chi connectivity index (χ2n) is 2.01. The second-order valence-corrected chi connectivity index (χ2v) is 2.01. The van der Waals surface area contributed by atoms with E-state index in [1.54, 1.807) is 0 Å². The molecule has 0 aliphatic heterocycles. The van der Waals surface area contributed by atoms with Crippen molar-refractivity contribution in [3.05, 3.63) is 0 Å². The van der Waals surface area contributed by atoms with Crippen molar-refractivity contribution in [1.29, 1.82) is 0 Å². The number of rotatable bonds is 3. The van der Waals surface area contributed by atoms with Crippen molar-refractivity contribution >= 4 is 11.9 Å². The fourth-order valence-corrected chi connectivity index (χ4v) is 0.537. The van der Waals surface area contributed by atoms with E-state index in [9.17, 15) is 9.59 Å². The van der Waals surface area contributed by atoms with Crippen LogP contribution in [0.4, 0.5) is 0 Å². The van der Waals surface area contributed by atoms with Crippen LogP contribution in [0.25, 0.3) is 0 Å². The molecule has 0 fully saturated rings. The van der Waals surface area contributed by atoms with E-state index < -0.39 is 12.0 Å². The maximum Gasteiger partial charge on any atom is 0.323 e. The zero-order valence-corrected chi connectivity index (χ0v) is 6.59. The minimum Gasteiger partial charge on any atom is -0.468 e. The summed E-state index contributed by atoms with van der Waals surface area (Å²) in [6.45, 7) is 0. The molecule has 0 aliphatic rings. The van der Waals surface area contributed by atoms with E-state index in [0.29, 0.717) is 0 Å². The Bertz CT molecular complexity index is 158. The normalized spacial score (nSPS) is 11.9. The van der Waals surface area contributed by atoms with E-state index in [0.717, 1.165) is 0 Å². The molecule has 0 radical (unpaired) electrons. The van der Waals surface area contributed by atoms with Gasteiger partial charge in [0.1, 0.15) is 6.04 Å². The molecule has 1 atom stereocenters. The van der Waals surface area contributed by atoms with Gasteiger partial charge in [0.15, 0.2) is 0 Å². The standard InChI is InChI=1S/C6H12N2O3/c1-8-5(9)3-4(7)6(10)11-2/h4H,3,7H2,1-2H3,(H,8,9)/t4-/m0/s1. The minimum atomic E-state index is -0.861. The molecule has 0 aromatic carbocycles. The molecule has 0 rings (SSSR count). The number of nitrogens with two attached hydrogens (primary N) is 1. The van der Waals surface area contributed by atoms with E-state index >= 15 is 0 Å². The third-order valence-electron chi connectivity index (χ3n) is 1.19. The van der Waals surface area contributed by atoms with Crippen molar-refractivity contribution in [2.75, 3.05) is 14.2 Å². The lowest BCUT2D eigenvalue weighted by atomic mass is 10.2.